The minimum Gasteiger partial charge on any atom is -0.465 e. The zero-order chi connectivity index (χ0) is 28.6. The number of nitrogens with one attached hydrogen (secondary N) is 3. The summed E-state index contributed by atoms with van der Waals surface area (Å²) in [5.74, 6) is 0.486. The number of nitrogens with zero attached hydrogens (tertiary/aromatic N) is 7. The molecule has 0 bridgehead atoms. The maximum atomic E-state index is 11.6. The fourth-order valence-electron chi connectivity index (χ4n) is 4.39. The largest absolute Gasteiger partial charge is 0.469 e. The number of phosphoric acid groups is 1. The number of halogens is 1. The molecule has 18 heteroatoms. The summed E-state index contributed by atoms with van der Waals surface area (Å²) in [6.45, 7) is 0.0983. The molecule has 6 N–H and O–H groups in total. The number of hydrogen-bond acceptors (Lipinski definition) is 11. The molecule has 1 saturated heterocycles. The van der Waals surface area contributed by atoms with Crippen molar-refractivity contribution in [2.24, 2.45) is 0 Å². The van der Waals surface area contributed by atoms with Crippen LogP contribution in [0.15, 0.2) is 18.3 Å². The van der Waals surface area contributed by atoms with Crippen molar-refractivity contribution in [2.75, 3.05) is 28.6 Å². The van der Waals surface area contributed by atoms with Crippen LogP contribution < -0.4 is 20.9 Å². The first-order valence-electron chi connectivity index (χ1n) is 12.0. The van der Waals surface area contributed by atoms with E-state index in [2.05, 4.69) is 37.1 Å². The average Bonchev–Trinajstić information content (AvgIpc) is 3.61. The molecule has 1 aliphatic heterocycles. The molecule has 0 unspecified atom stereocenters. The second kappa shape index (κ2) is 10.8. The van der Waals surface area contributed by atoms with Crippen LogP contribution in [0.4, 0.5) is 27.9 Å². The van der Waals surface area contributed by atoms with Gasteiger partial charge in [-0.15, -0.1) is 5.10 Å². The molecule has 0 spiro atoms. The van der Waals surface area contributed by atoms with Gasteiger partial charge in [0.05, 0.1) is 40.3 Å². The number of fused-ring (bicyclic) bond motifs is 1. The fraction of sp³-hybridized carbons (Fsp3) is 0.364. The van der Waals surface area contributed by atoms with Crippen molar-refractivity contribution in [3.8, 4) is 12.1 Å². The Labute approximate surface area is 231 Å². The van der Waals surface area contributed by atoms with Gasteiger partial charge in [0.1, 0.15) is 12.2 Å². The number of hydrogen-bond donors (Lipinski definition) is 6. The standard InChI is InChI=1S/C22H22ClN10O6P/c23-18-15(28-21-30-19(27-12-1-2-12)20-26-9-13(8-25)33(20)31-21)5-11(7-24)6-16(18)32-4-3-14(29-22(34)35)17(10-32)39-40(36,37)38/h5-6,9,12,14,17,29H,1-4,10H2,(H,34,35)(H2,36,37,38)(H2,27,28,30,31)/t14-,17-/m1/s1. The van der Waals surface area contributed by atoms with Crippen LogP contribution in [0.3, 0.4) is 0 Å². The van der Waals surface area contributed by atoms with E-state index < -0.39 is 26.1 Å². The van der Waals surface area contributed by atoms with Crippen LogP contribution >= 0.6 is 19.4 Å². The minimum absolute atomic E-state index is 0.0696. The number of imidazole rings is 1. The third kappa shape index (κ3) is 6.02. The Hall–Kier alpha value is -4.18. The highest BCUT2D eigenvalue weighted by molar-refractivity contribution is 7.46. The van der Waals surface area contributed by atoms with Crippen molar-refractivity contribution in [2.45, 2.75) is 37.5 Å². The third-order valence-electron chi connectivity index (χ3n) is 6.31. The molecule has 2 aliphatic rings. The van der Waals surface area contributed by atoms with Crippen LogP contribution in [-0.4, -0.2) is 71.8 Å². The van der Waals surface area contributed by atoms with E-state index in [9.17, 15) is 29.7 Å². The Morgan fingerprint density at radius 1 is 1.23 bits per heavy atom. The third-order valence-corrected chi connectivity index (χ3v) is 7.25. The molecule has 1 aromatic carbocycles. The maximum Gasteiger partial charge on any atom is 0.469 e. The van der Waals surface area contributed by atoms with Crippen LogP contribution in [0.2, 0.25) is 5.02 Å². The number of anilines is 4. The van der Waals surface area contributed by atoms with Crippen molar-refractivity contribution in [1.82, 2.24) is 24.9 Å². The summed E-state index contributed by atoms with van der Waals surface area (Å²) in [6, 6.07) is 6.40. The van der Waals surface area contributed by atoms with E-state index in [0.29, 0.717) is 17.2 Å². The highest BCUT2D eigenvalue weighted by Gasteiger charge is 2.36. The quantitative estimate of drug-likeness (QED) is 0.207. The first-order chi connectivity index (χ1) is 19.0. The van der Waals surface area contributed by atoms with Gasteiger partial charge >= 0.3 is 13.9 Å². The van der Waals surface area contributed by atoms with Gasteiger partial charge in [-0.2, -0.15) is 20.0 Å². The van der Waals surface area contributed by atoms with Gasteiger partial charge in [-0.3, -0.25) is 4.52 Å². The smallest absolute Gasteiger partial charge is 0.465 e. The molecule has 5 rings (SSSR count). The number of nitriles is 2. The molecule has 208 valence electrons. The van der Waals surface area contributed by atoms with E-state index in [1.54, 1.807) is 4.90 Å². The molecule has 16 nitrogen and oxygen atoms in total. The lowest BCUT2D eigenvalue weighted by atomic mass is 10.0. The zero-order valence-electron chi connectivity index (χ0n) is 20.5. The van der Waals surface area contributed by atoms with Gasteiger partial charge in [0.2, 0.25) is 5.95 Å². The second-order valence-electron chi connectivity index (χ2n) is 9.21. The van der Waals surface area contributed by atoms with Crippen LogP contribution in [0, 0.1) is 22.7 Å². The SMILES string of the molecule is N#Cc1cc(Nc2nc(NC3CC3)c3ncc(C#N)n3n2)c(Cl)c(N2CC[C@@H](NC(=O)O)[C@H](OP(=O)(O)O)C2)c1. The Morgan fingerprint density at radius 2 is 2.00 bits per heavy atom. The van der Waals surface area contributed by atoms with Crippen molar-refractivity contribution in [1.29, 1.82) is 10.5 Å². The Morgan fingerprint density at radius 3 is 2.65 bits per heavy atom. The summed E-state index contributed by atoms with van der Waals surface area (Å²) < 4.78 is 17.8. The molecule has 40 heavy (non-hydrogen) atoms. The lowest BCUT2D eigenvalue weighted by Gasteiger charge is -2.39. The first kappa shape index (κ1) is 27.4. The number of rotatable bonds is 8. The number of aromatic nitrogens is 4. The van der Waals surface area contributed by atoms with Gasteiger partial charge < -0.3 is 35.7 Å². The van der Waals surface area contributed by atoms with Crippen molar-refractivity contribution in [3.63, 3.8) is 0 Å². The minimum atomic E-state index is -4.96. The van der Waals surface area contributed by atoms with Crippen molar-refractivity contribution < 1.29 is 28.8 Å². The maximum absolute atomic E-state index is 11.6. The topological polar surface area (TPSA) is 234 Å². The van der Waals surface area contributed by atoms with Crippen LogP contribution in [-0.2, 0) is 9.09 Å². The van der Waals surface area contributed by atoms with Gasteiger partial charge in [-0.05, 0) is 31.4 Å². The number of piperidine rings is 1. The number of amides is 1. The van der Waals surface area contributed by atoms with E-state index in [1.165, 1.54) is 22.8 Å². The van der Waals surface area contributed by atoms with Gasteiger partial charge in [0.15, 0.2) is 17.2 Å². The zero-order valence-corrected chi connectivity index (χ0v) is 22.2. The Bertz CT molecular complexity index is 1610. The molecular formula is C22H22ClN10O6P. The summed E-state index contributed by atoms with van der Waals surface area (Å²) in [6.07, 6.45) is 0.882. The van der Waals surface area contributed by atoms with Crippen LogP contribution in [0.25, 0.3) is 5.65 Å². The summed E-state index contributed by atoms with van der Waals surface area (Å²) in [5.41, 5.74) is 1.36. The van der Waals surface area contributed by atoms with Gasteiger partial charge in [0.25, 0.3) is 0 Å². The van der Waals surface area contributed by atoms with Crippen molar-refractivity contribution >= 4 is 54.3 Å². The normalized spacial score (nSPS) is 19.1. The fourth-order valence-corrected chi connectivity index (χ4v) is 5.23. The molecule has 0 radical (unpaired) electrons. The summed E-state index contributed by atoms with van der Waals surface area (Å²) >= 11 is 6.75. The van der Waals surface area contributed by atoms with Gasteiger partial charge in [-0.25, -0.2) is 14.3 Å². The highest BCUT2D eigenvalue weighted by atomic mass is 35.5. The lowest BCUT2D eigenvalue weighted by Crippen LogP contribution is -2.54. The second-order valence-corrected chi connectivity index (χ2v) is 10.8. The molecule has 2 atom stereocenters. The Balaban J connectivity index is 1.49. The molecule has 3 aromatic rings. The first-order valence-corrected chi connectivity index (χ1v) is 13.9. The van der Waals surface area contributed by atoms with E-state index in [-0.39, 0.29) is 53.5 Å². The Kier molecular flexibility index (Phi) is 7.37. The highest BCUT2D eigenvalue weighted by Crippen LogP contribution is 2.42. The van der Waals surface area contributed by atoms with Gasteiger partial charge in [-0.1, -0.05) is 11.6 Å². The molecule has 3 heterocycles. The summed E-state index contributed by atoms with van der Waals surface area (Å²) in [5, 5.41) is 41.3. The van der Waals surface area contributed by atoms with E-state index in [0.717, 1.165) is 12.8 Å². The van der Waals surface area contributed by atoms with Crippen LogP contribution in [0.1, 0.15) is 30.5 Å². The molecular weight excluding hydrogens is 567 g/mol. The summed E-state index contributed by atoms with van der Waals surface area (Å²) in [7, 11) is -4.96. The van der Waals surface area contributed by atoms with E-state index in [4.69, 9.17) is 21.2 Å². The average molecular weight is 589 g/mol. The monoisotopic (exact) mass is 588 g/mol. The number of carbonyl (C=O) groups is 1. The molecule has 2 fully saturated rings. The molecule has 1 saturated carbocycles. The molecule has 2 aromatic heterocycles. The number of benzene rings is 1. The van der Waals surface area contributed by atoms with Crippen molar-refractivity contribution in [3.05, 3.63) is 34.6 Å². The number of carboxylic acid groups (broad SMARTS) is 1. The van der Waals surface area contributed by atoms with Gasteiger partial charge in [0, 0.05) is 19.1 Å². The predicted molar refractivity (Wildman–Crippen MR) is 140 cm³/mol. The lowest BCUT2D eigenvalue weighted by molar-refractivity contribution is 0.0903. The van der Waals surface area contributed by atoms with E-state index >= 15 is 0 Å². The molecule has 1 amide bonds. The number of phosphoric ester groups is 1. The molecule has 1 aliphatic carbocycles. The summed E-state index contributed by atoms with van der Waals surface area (Å²) in [4.78, 5) is 40.3. The van der Waals surface area contributed by atoms with E-state index in [1.807, 2.05) is 6.07 Å². The van der Waals surface area contributed by atoms with Crippen LogP contribution in [0.5, 0.6) is 0 Å². The predicted octanol–water partition coefficient (Wildman–Crippen LogP) is 2.16.